The summed E-state index contributed by atoms with van der Waals surface area (Å²) in [6.45, 7) is 4.61. The van der Waals surface area contributed by atoms with E-state index in [0.29, 0.717) is 40.8 Å². The van der Waals surface area contributed by atoms with Crippen LogP contribution in [-0.2, 0) is 11.3 Å². The van der Waals surface area contributed by atoms with Gasteiger partial charge in [0.1, 0.15) is 18.2 Å². The zero-order valence-corrected chi connectivity index (χ0v) is 16.8. The second kappa shape index (κ2) is 8.41. The van der Waals surface area contributed by atoms with E-state index < -0.39 is 0 Å². The zero-order valence-electron chi connectivity index (χ0n) is 16.8. The van der Waals surface area contributed by atoms with E-state index in [1.807, 2.05) is 32.0 Å². The van der Waals surface area contributed by atoms with Gasteiger partial charge in [-0.15, -0.1) is 0 Å². The molecule has 0 spiro atoms. The molecule has 0 atom stereocenters. The number of ether oxygens (including phenoxy) is 2. The second-order valence-corrected chi connectivity index (χ2v) is 6.88. The average Bonchev–Trinajstić information content (AvgIpc) is 3.17. The molecule has 0 fully saturated rings. The van der Waals surface area contributed by atoms with Crippen LogP contribution in [0.1, 0.15) is 23.9 Å². The highest BCUT2D eigenvalue weighted by molar-refractivity contribution is 5.99. The minimum absolute atomic E-state index is 0.149. The Bertz CT molecular complexity index is 1120. The van der Waals surface area contributed by atoms with Crippen LogP contribution >= 0.6 is 0 Å². The largest absolute Gasteiger partial charge is 0.490 e. The molecule has 0 unspecified atom stereocenters. The number of nitrogens with zero attached hydrogens (tertiary/aromatic N) is 2. The molecule has 1 aliphatic rings. The van der Waals surface area contributed by atoms with E-state index in [4.69, 9.17) is 9.47 Å². The quantitative estimate of drug-likeness (QED) is 0.675. The Balaban J connectivity index is 1.45. The normalized spacial score (nSPS) is 12.6. The number of fused-ring (bicyclic) bond motifs is 1. The molecule has 0 aliphatic carbocycles. The number of para-hydroxylation sites is 1. The number of nitrogens with one attached hydrogen (secondary N) is 1. The Kier molecular flexibility index (Phi) is 5.52. The van der Waals surface area contributed by atoms with Crippen LogP contribution in [0, 0.1) is 12.7 Å². The van der Waals surface area contributed by atoms with Crippen molar-refractivity contribution in [1.29, 1.82) is 0 Å². The Hall–Kier alpha value is -3.61. The number of aromatic nitrogens is 2. The molecule has 1 aromatic heterocycles. The van der Waals surface area contributed by atoms with Gasteiger partial charge in [0.2, 0.25) is 0 Å². The fraction of sp³-hybridized carbons (Fsp3) is 0.217. The number of benzene rings is 2. The molecule has 3 aromatic rings. The lowest BCUT2D eigenvalue weighted by molar-refractivity contribution is -0.117. The van der Waals surface area contributed by atoms with Crippen molar-refractivity contribution in [3.63, 3.8) is 0 Å². The van der Waals surface area contributed by atoms with E-state index in [1.54, 1.807) is 35.2 Å². The smallest absolute Gasteiger partial charge is 0.250 e. The first kappa shape index (κ1) is 19.7. The van der Waals surface area contributed by atoms with Crippen molar-refractivity contribution in [2.75, 3.05) is 13.2 Å². The molecule has 0 bridgehead atoms. The van der Waals surface area contributed by atoms with Crippen molar-refractivity contribution in [1.82, 2.24) is 14.9 Å². The summed E-state index contributed by atoms with van der Waals surface area (Å²) in [5.41, 5.74) is 2.38. The summed E-state index contributed by atoms with van der Waals surface area (Å²) < 4.78 is 27.5. The minimum atomic E-state index is -0.375. The highest BCUT2D eigenvalue weighted by Crippen LogP contribution is 2.35. The van der Waals surface area contributed by atoms with E-state index in [1.165, 1.54) is 6.07 Å². The maximum absolute atomic E-state index is 14.5. The van der Waals surface area contributed by atoms with E-state index in [9.17, 15) is 9.18 Å². The number of imidazole rings is 1. The van der Waals surface area contributed by atoms with Gasteiger partial charge in [0.05, 0.1) is 17.9 Å². The van der Waals surface area contributed by atoms with Crippen LogP contribution in [0.4, 0.5) is 4.39 Å². The lowest BCUT2D eigenvalue weighted by Gasteiger charge is -2.20. The predicted octanol–water partition coefficient (Wildman–Crippen LogP) is 3.81. The summed E-state index contributed by atoms with van der Waals surface area (Å²) in [7, 11) is 0. The molecule has 0 radical (unpaired) electrons. The average molecular weight is 407 g/mol. The minimum Gasteiger partial charge on any atom is -0.490 e. The highest BCUT2D eigenvalue weighted by Gasteiger charge is 2.20. The van der Waals surface area contributed by atoms with Crippen molar-refractivity contribution >= 4 is 12.0 Å². The van der Waals surface area contributed by atoms with Crippen molar-refractivity contribution in [2.24, 2.45) is 0 Å². The lowest BCUT2D eigenvalue weighted by atomic mass is 10.1. The van der Waals surface area contributed by atoms with Crippen LogP contribution in [0.15, 0.2) is 54.4 Å². The molecule has 6 nitrogen and oxygen atoms in total. The summed E-state index contributed by atoms with van der Waals surface area (Å²) in [5.74, 6) is 1.38. The van der Waals surface area contributed by atoms with E-state index >= 15 is 0 Å². The summed E-state index contributed by atoms with van der Waals surface area (Å²) >= 11 is 0. The maximum atomic E-state index is 14.5. The van der Waals surface area contributed by atoms with Gasteiger partial charge in [0, 0.05) is 24.5 Å². The molecule has 1 amide bonds. The number of halogens is 1. The second-order valence-electron chi connectivity index (χ2n) is 6.88. The number of rotatable bonds is 6. The first-order valence-corrected chi connectivity index (χ1v) is 9.73. The van der Waals surface area contributed by atoms with Crippen LogP contribution < -0.4 is 14.8 Å². The van der Waals surface area contributed by atoms with E-state index in [-0.39, 0.29) is 24.9 Å². The topological polar surface area (TPSA) is 65.4 Å². The van der Waals surface area contributed by atoms with Gasteiger partial charge in [-0.2, -0.15) is 0 Å². The first-order valence-electron chi connectivity index (χ1n) is 9.73. The molecule has 154 valence electrons. The van der Waals surface area contributed by atoms with E-state index in [0.717, 1.165) is 5.56 Å². The summed E-state index contributed by atoms with van der Waals surface area (Å²) in [4.78, 5) is 16.7. The first-order chi connectivity index (χ1) is 14.6. The van der Waals surface area contributed by atoms with Crippen LogP contribution in [-0.4, -0.2) is 28.7 Å². The highest BCUT2D eigenvalue weighted by atomic mass is 19.1. The summed E-state index contributed by atoms with van der Waals surface area (Å²) in [6.07, 6.45) is 5.13. The summed E-state index contributed by atoms with van der Waals surface area (Å²) in [6, 6.07) is 10.5. The molecular formula is C23H22FN3O3. The number of amides is 1. The van der Waals surface area contributed by atoms with Gasteiger partial charge >= 0.3 is 0 Å². The van der Waals surface area contributed by atoms with Crippen LogP contribution in [0.2, 0.25) is 0 Å². The van der Waals surface area contributed by atoms with Crippen molar-refractivity contribution < 1.29 is 18.7 Å². The third kappa shape index (κ3) is 3.91. The molecule has 1 N–H and O–H groups in total. The molecular weight excluding hydrogens is 385 g/mol. The fourth-order valence-corrected chi connectivity index (χ4v) is 3.36. The number of aryl methyl sites for hydroxylation is 1. The Labute approximate surface area is 174 Å². The van der Waals surface area contributed by atoms with Crippen LogP contribution in [0.3, 0.4) is 0 Å². The molecule has 1 aliphatic heterocycles. The number of hydrogen-bond acceptors (Lipinski definition) is 4. The Morgan fingerprint density at radius 2 is 2.20 bits per heavy atom. The van der Waals surface area contributed by atoms with Crippen molar-refractivity contribution in [3.05, 3.63) is 77.1 Å². The van der Waals surface area contributed by atoms with Gasteiger partial charge in [0.15, 0.2) is 11.5 Å². The van der Waals surface area contributed by atoms with Crippen LogP contribution in [0.5, 0.6) is 11.5 Å². The van der Waals surface area contributed by atoms with Gasteiger partial charge < -0.3 is 19.4 Å². The zero-order chi connectivity index (χ0) is 21.1. The molecule has 0 saturated carbocycles. The van der Waals surface area contributed by atoms with Crippen LogP contribution in [0.25, 0.3) is 11.8 Å². The number of carbonyl (C=O) groups is 1. The van der Waals surface area contributed by atoms with Gasteiger partial charge in [0.25, 0.3) is 5.91 Å². The SMILES string of the molecule is CCOc1cccc2c1OCC(C(=O)NCc1ccc(-n3ccnc3C)c(F)c1)=C2. The third-order valence-electron chi connectivity index (χ3n) is 4.85. The number of carbonyl (C=O) groups excluding carboxylic acids is 1. The molecule has 0 saturated heterocycles. The Morgan fingerprint density at radius 3 is 2.93 bits per heavy atom. The molecule has 7 heteroatoms. The predicted molar refractivity (Wildman–Crippen MR) is 111 cm³/mol. The van der Waals surface area contributed by atoms with E-state index in [2.05, 4.69) is 10.3 Å². The fourth-order valence-electron chi connectivity index (χ4n) is 3.36. The van der Waals surface area contributed by atoms with Gasteiger partial charge in [-0.05, 0) is 43.7 Å². The monoisotopic (exact) mass is 407 g/mol. The molecule has 4 rings (SSSR count). The molecule has 30 heavy (non-hydrogen) atoms. The van der Waals surface area contributed by atoms with Gasteiger partial charge in [-0.3, -0.25) is 4.79 Å². The third-order valence-corrected chi connectivity index (χ3v) is 4.85. The maximum Gasteiger partial charge on any atom is 0.250 e. The molecule has 2 aromatic carbocycles. The summed E-state index contributed by atoms with van der Waals surface area (Å²) in [5, 5.41) is 2.83. The molecule has 2 heterocycles. The van der Waals surface area contributed by atoms with Gasteiger partial charge in [-0.1, -0.05) is 18.2 Å². The van der Waals surface area contributed by atoms with Gasteiger partial charge in [-0.25, -0.2) is 9.37 Å². The van der Waals surface area contributed by atoms with Crippen molar-refractivity contribution in [2.45, 2.75) is 20.4 Å². The standard InChI is InChI=1S/C23H22FN3O3/c1-3-29-21-6-4-5-17-12-18(14-30-22(17)21)23(28)26-13-16-7-8-20(19(24)11-16)27-10-9-25-15(27)2/h4-12H,3,13-14H2,1-2H3,(H,26,28). The Morgan fingerprint density at radius 1 is 1.33 bits per heavy atom. The lowest BCUT2D eigenvalue weighted by Crippen LogP contribution is -2.28. The number of hydrogen-bond donors (Lipinski definition) is 1. The van der Waals surface area contributed by atoms with Crippen molar-refractivity contribution in [3.8, 4) is 17.2 Å².